The topological polar surface area (TPSA) is 194 Å². The summed E-state index contributed by atoms with van der Waals surface area (Å²) in [5.74, 6) is 0.671. The summed E-state index contributed by atoms with van der Waals surface area (Å²) in [6, 6.07) is 23.2. The highest BCUT2D eigenvalue weighted by atomic mass is 32.1. The van der Waals surface area contributed by atoms with Gasteiger partial charge in [-0.3, -0.25) is 19.5 Å². The van der Waals surface area contributed by atoms with E-state index in [1.54, 1.807) is 28.5 Å². The monoisotopic (exact) mass is 1160 g/mol. The molecule has 0 saturated carbocycles. The summed E-state index contributed by atoms with van der Waals surface area (Å²) in [6.45, 7) is 16.7. The molecule has 6 saturated heterocycles. The smallest absolute Gasteiger partial charge is 0.410 e. The second-order valence-corrected chi connectivity index (χ2v) is 25.0. The second-order valence-electron chi connectivity index (χ2n) is 24.2. The normalized spacial score (nSPS) is 22.9. The average Bonchev–Trinajstić information content (AvgIpc) is 1.69. The van der Waals surface area contributed by atoms with Gasteiger partial charge in [-0.05, 0) is 124 Å². The number of likely N-dealkylation sites (tertiary alicyclic amines) is 2. The number of rotatable bonds is 17. The Morgan fingerprint density at radius 1 is 0.952 bits per heavy atom. The van der Waals surface area contributed by atoms with Gasteiger partial charge in [0, 0.05) is 61.6 Å². The van der Waals surface area contributed by atoms with Crippen LogP contribution in [0.3, 0.4) is 0 Å². The maximum Gasteiger partial charge on any atom is 0.410 e. The molecule has 13 rings (SSSR count). The molecule has 84 heavy (non-hydrogen) atoms. The summed E-state index contributed by atoms with van der Waals surface area (Å²) in [5, 5.41) is 13.2. The third kappa shape index (κ3) is 11.4. The van der Waals surface area contributed by atoms with E-state index < -0.39 is 11.7 Å². The first-order valence-corrected chi connectivity index (χ1v) is 31.0. The number of piperazine rings is 1. The van der Waals surface area contributed by atoms with E-state index in [9.17, 15) is 14.4 Å². The fourth-order valence-corrected chi connectivity index (χ4v) is 14.6. The number of thiazole rings is 1. The van der Waals surface area contributed by atoms with Crippen molar-refractivity contribution in [2.75, 3.05) is 57.4 Å². The molecule has 20 heteroatoms. The van der Waals surface area contributed by atoms with Gasteiger partial charge in [-0.15, -0.1) is 11.3 Å². The number of anilines is 1. The van der Waals surface area contributed by atoms with Crippen LogP contribution in [-0.4, -0.2) is 146 Å². The van der Waals surface area contributed by atoms with Crippen molar-refractivity contribution in [3.8, 4) is 33.6 Å². The van der Waals surface area contributed by atoms with Gasteiger partial charge in [0.25, 0.3) is 5.88 Å². The lowest BCUT2D eigenvalue weighted by molar-refractivity contribution is -0.135. The van der Waals surface area contributed by atoms with E-state index in [0.717, 1.165) is 124 Å². The molecule has 7 atom stereocenters. The number of aromatic nitrogens is 5. The summed E-state index contributed by atoms with van der Waals surface area (Å²) in [6.07, 6.45) is 10.5. The van der Waals surface area contributed by atoms with Gasteiger partial charge >= 0.3 is 12.1 Å². The number of hydrogen-bond donors (Lipinski definition) is 2. The number of hydrogen-bond acceptors (Lipinski definition) is 16. The minimum atomic E-state index is -0.478. The number of fused-ring (bicyclic) bond motifs is 5. The number of nitrogens with zero attached hydrogens (tertiary/aromatic N) is 9. The first kappa shape index (κ1) is 57.2. The van der Waals surface area contributed by atoms with E-state index in [0.29, 0.717) is 54.6 Å². The minimum Gasteiger partial charge on any atom is -0.468 e. The van der Waals surface area contributed by atoms with E-state index >= 15 is 4.39 Å². The number of pyridine rings is 1. The first-order chi connectivity index (χ1) is 40.8. The maximum absolute atomic E-state index is 17.2. The van der Waals surface area contributed by atoms with Gasteiger partial charge in [-0.2, -0.15) is 9.97 Å². The number of halogens is 1. The second kappa shape index (κ2) is 24.4. The third-order valence-electron chi connectivity index (χ3n) is 18.4. The molecule has 0 spiro atoms. The number of amides is 3. The van der Waals surface area contributed by atoms with Crippen LogP contribution in [0.5, 0.6) is 11.9 Å². The van der Waals surface area contributed by atoms with Crippen molar-refractivity contribution in [3.05, 3.63) is 107 Å². The highest BCUT2D eigenvalue weighted by Gasteiger charge is 2.51. The van der Waals surface area contributed by atoms with Gasteiger partial charge in [0.15, 0.2) is 11.6 Å². The van der Waals surface area contributed by atoms with Crippen LogP contribution in [0.15, 0.2) is 83.0 Å². The number of benzene rings is 3. The molecule has 0 radical (unpaired) electrons. The summed E-state index contributed by atoms with van der Waals surface area (Å²) >= 11 is 1.64. The van der Waals surface area contributed by atoms with Crippen LogP contribution < -0.4 is 25.0 Å². The van der Waals surface area contributed by atoms with E-state index in [1.165, 1.54) is 10.4 Å². The number of aryl methyl sites for hydroxylation is 2. The summed E-state index contributed by atoms with van der Waals surface area (Å²) in [4.78, 5) is 65.5. The molecule has 442 valence electrons. The highest BCUT2D eigenvalue weighted by molar-refractivity contribution is 7.13. The Bertz CT molecular complexity index is 3500. The van der Waals surface area contributed by atoms with E-state index in [-0.39, 0.29) is 71.5 Å². The zero-order valence-corrected chi connectivity index (χ0v) is 49.7. The van der Waals surface area contributed by atoms with Crippen molar-refractivity contribution in [2.45, 2.75) is 147 Å². The maximum atomic E-state index is 17.2. The molecule has 7 aromatic rings. The number of carbonyl (C=O) groups excluding carboxylic acids is 3. The number of carbonyl (C=O) groups is 3. The molecular formula is C64H76FN11O7S. The predicted octanol–water partition coefficient (Wildman–Crippen LogP) is 10.4. The fraction of sp³-hybridized carbons (Fsp3) is 0.500. The lowest BCUT2D eigenvalue weighted by atomic mass is 9.91. The molecule has 3 amide bonds. The zero-order valence-electron chi connectivity index (χ0n) is 48.9. The largest absolute Gasteiger partial charge is 0.468 e. The summed E-state index contributed by atoms with van der Waals surface area (Å²) < 4.78 is 41.5. The molecule has 2 N–H and O–H groups in total. The Labute approximate surface area is 493 Å². The molecule has 0 aliphatic carbocycles. The number of ether oxygens (including phenoxy) is 3. The van der Waals surface area contributed by atoms with E-state index in [2.05, 4.69) is 74.8 Å². The van der Waals surface area contributed by atoms with Crippen molar-refractivity contribution < 1.29 is 37.5 Å². The summed E-state index contributed by atoms with van der Waals surface area (Å²) in [7, 11) is 0. The number of nitrogens with one attached hydrogen (secondary N) is 2. The van der Waals surface area contributed by atoms with Gasteiger partial charge in [-0.25, -0.2) is 14.2 Å². The van der Waals surface area contributed by atoms with Crippen molar-refractivity contribution >= 4 is 57.2 Å². The standard InChI is InChI=1S/C51H62FN9O6.C13H14N2OS/c1-5-32-11-6-12-33-13-7-14-38(43(32)33)45-44(52)46-39(23-53-45)47(58-24-34-15-16-35(25-58)54-34)56-49(55-46)65-29-51-18-9-21-61(51)36(17-19-51)28-64-50(63)59-26-37(27-59)66-41-22-40(67-57-41)42(30(2)3)48(62)60-20-8-10-31(60)4;1-9(14-7-16)11-3-5-12(6-4-11)13-10(2)15-8-17-13/h6-7,11-14,22-23,30-31,34-37,42,54H,5,8-10,15-21,24-29H2,1-4H3;3-9H,1-2H3,(H,14,16). The van der Waals surface area contributed by atoms with Crippen LogP contribution in [0.1, 0.15) is 121 Å². The van der Waals surface area contributed by atoms with Gasteiger partial charge in [0.2, 0.25) is 12.3 Å². The molecular weight excluding hydrogens is 1090 g/mol. The zero-order chi connectivity index (χ0) is 58.2. The molecule has 2 bridgehead atoms. The van der Waals surface area contributed by atoms with Gasteiger partial charge in [0.05, 0.1) is 46.1 Å². The van der Waals surface area contributed by atoms with Crippen LogP contribution in [0.4, 0.5) is 15.0 Å². The van der Waals surface area contributed by atoms with Crippen molar-refractivity contribution in [2.24, 2.45) is 5.92 Å². The lowest BCUT2D eigenvalue weighted by Crippen LogP contribution is -2.56. The Morgan fingerprint density at radius 3 is 2.45 bits per heavy atom. The lowest BCUT2D eigenvalue weighted by Gasteiger charge is -2.38. The molecule has 10 heterocycles. The van der Waals surface area contributed by atoms with Crippen LogP contribution in [-0.2, 0) is 20.7 Å². The Morgan fingerprint density at radius 2 is 1.74 bits per heavy atom. The molecule has 7 unspecified atom stereocenters. The Kier molecular flexibility index (Phi) is 16.6. The minimum absolute atomic E-state index is 0.0341. The van der Waals surface area contributed by atoms with Crippen molar-refractivity contribution in [1.29, 1.82) is 0 Å². The van der Waals surface area contributed by atoms with Crippen molar-refractivity contribution in [3.63, 3.8) is 0 Å². The highest BCUT2D eigenvalue weighted by Crippen LogP contribution is 2.44. The van der Waals surface area contributed by atoms with Crippen LogP contribution in [0, 0.1) is 18.7 Å². The van der Waals surface area contributed by atoms with Crippen LogP contribution in [0.2, 0.25) is 0 Å². The fourth-order valence-electron chi connectivity index (χ4n) is 13.8. The van der Waals surface area contributed by atoms with Crippen molar-refractivity contribution in [1.82, 2.24) is 50.4 Å². The molecule has 18 nitrogen and oxygen atoms in total. The predicted molar refractivity (Wildman–Crippen MR) is 321 cm³/mol. The molecule has 6 aliphatic heterocycles. The average molecular weight is 1160 g/mol. The summed E-state index contributed by atoms with van der Waals surface area (Å²) in [5.41, 5.74) is 7.27. The molecule has 4 aromatic heterocycles. The van der Waals surface area contributed by atoms with Crippen LogP contribution >= 0.6 is 11.3 Å². The van der Waals surface area contributed by atoms with Crippen LogP contribution in [0.25, 0.3) is 43.4 Å². The molecule has 3 aromatic carbocycles. The van der Waals surface area contributed by atoms with Gasteiger partial charge in [0.1, 0.15) is 42.3 Å². The van der Waals surface area contributed by atoms with E-state index in [1.807, 2.05) is 68.4 Å². The quantitative estimate of drug-likeness (QED) is 0.0818. The van der Waals surface area contributed by atoms with Gasteiger partial charge in [-0.1, -0.05) is 81.4 Å². The first-order valence-electron chi connectivity index (χ1n) is 30.1. The Balaban J connectivity index is 0.000000351. The molecule has 6 aliphatic rings. The Hall–Kier alpha value is -7.29. The van der Waals surface area contributed by atoms with E-state index in [4.69, 9.17) is 33.7 Å². The third-order valence-corrected chi connectivity index (χ3v) is 19.4. The molecule has 6 fully saturated rings. The van der Waals surface area contributed by atoms with Gasteiger partial charge < -0.3 is 44.1 Å². The SMILES string of the molecule is CCc1cccc2cccc(-c3ncc4c(N5CC6CCC(C5)N6)nc(OCC56CCCN5C(COC(=O)N5CC(Oc7cc(C(C(=O)N8CCCC8C)C(C)C)on7)C5)CC6)nc4c3F)c12.Cc1ncsc1-c1ccc(C(C)NC=O)cc1.